The number of hydrogen-bond acceptors (Lipinski definition) is 4. The largest absolute Gasteiger partial charge is 0.497 e. The first-order valence-corrected chi connectivity index (χ1v) is 11.9. The number of ether oxygens (including phenoxy) is 1. The smallest absolute Gasteiger partial charge is 0.227 e. The van der Waals surface area contributed by atoms with E-state index in [1.165, 1.54) is 24.0 Å². The Morgan fingerprint density at radius 1 is 1.03 bits per heavy atom. The SMILES string of the molecule is COc1ccc(CNC(C)CCCc2ccccc2)cc1.NC(=O)C1c2ccccc2CC1O. The zero-order valence-corrected chi connectivity index (χ0v) is 20.1. The average Bonchev–Trinajstić information content (AvgIpc) is 3.20. The second-order valence-corrected chi connectivity index (χ2v) is 8.86. The van der Waals surface area contributed by atoms with Gasteiger partial charge in [0.05, 0.1) is 19.1 Å². The summed E-state index contributed by atoms with van der Waals surface area (Å²) < 4.78 is 5.17. The molecule has 1 amide bonds. The number of hydrogen-bond donors (Lipinski definition) is 3. The van der Waals surface area contributed by atoms with Gasteiger partial charge in [0.1, 0.15) is 5.75 Å². The molecule has 3 aromatic carbocycles. The number of aliphatic hydroxyl groups excluding tert-OH is 1. The molecule has 0 aromatic heterocycles. The van der Waals surface area contributed by atoms with Crippen LogP contribution in [0.15, 0.2) is 78.9 Å². The summed E-state index contributed by atoms with van der Waals surface area (Å²) in [5.41, 5.74) is 9.84. The van der Waals surface area contributed by atoms with E-state index in [4.69, 9.17) is 10.5 Å². The number of carbonyl (C=O) groups excluding carboxylic acids is 1. The highest BCUT2D eigenvalue weighted by molar-refractivity contribution is 5.84. The van der Waals surface area contributed by atoms with Crippen molar-refractivity contribution in [3.8, 4) is 5.75 Å². The van der Waals surface area contributed by atoms with Crippen molar-refractivity contribution in [2.45, 2.75) is 57.2 Å². The molecule has 4 N–H and O–H groups in total. The molecule has 180 valence electrons. The Hall–Kier alpha value is -3.15. The summed E-state index contributed by atoms with van der Waals surface area (Å²) in [7, 11) is 1.70. The van der Waals surface area contributed by atoms with E-state index >= 15 is 0 Å². The van der Waals surface area contributed by atoms with Crippen LogP contribution in [0.5, 0.6) is 5.75 Å². The topological polar surface area (TPSA) is 84.6 Å². The number of aryl methyl sites for hydroxylation is 1. The lowest BCUT2D eigenvalue weighted by atomic mass is 9.99. The first kappa shape index (κ1) is 25.5. The maximum Gasteiger partial charge on any atom is 0.227 e. The van der Waals surface area contributed by atoms with Crippen molar-refractivity contribution in [1.82, 2.24) is 5.32 Å². The molecule has 1 aliphatic rings. The second-order valence-electron chi connectivity index (χ2n) is 8.86. The van der Waals surface area contributed by atoms with Crippen molar-refractivity contribution in [1.29, 1.82) is 0 Å². The lowest BCUT2D eigenvalue weighted by Gasteiger charge is -2.14. The summed E-state index contributed by atoms with van der Waals surface area (Å²) in [6, 6.07) is 27.0. The van der Waals surface area contributed by atoms with Crippen LogP contribution in [0.25, 0.3) is 0 Å². The minimum absolute atomic E-state index is 0.447. The van der Waals surface area contributed by atoms with Crippen molar-refractivity contribution >= 4 is 5.91 Å². The monoisotopic (exact) mass is 460 g/mol. The van der Waals surface area contributed by atoms with Crippen molar-refractivity contribution in [3.05, 3.63) is 101 Å². The standard InChI is InChI=1S/C19H25NO.C10H11NO2/c1-16(7-6-10-17-8-4-3-5-9-17)20-15-18-11-13-19(21-2)14-12-18;11-10(13)9-7-4-2-1-3-6(7)5-8(9)12/h3-5,8-9,11-14,16,20H,6-7,10,15H2,1-2H3;1-4,8-9,12H,5H2,(H2,11,13). The molecular formula is C29H36N2O3. The number of fused-ring (bicyclic) bond motifs is 1. The predicted octanol–water partition coefficient (Wildman–Crippen LogP) is 4.37. The Morgan fingerprint density at radius 3 is 2.38 bits per heavy atom. The molecule has 1 aliphatic carbocycles. The summed E-state index contributed by atoms with van der Waals surface area (Å²) in [5.74, 6) is -0.0525. The third kappa shape index (κ3) is 7.44. The number of nitrogens with one attached hydrogen (secondary N) is 1. The number of primary amides is 1. The zero-order valence-electron chi connectivity index (χ0n) is 20.1. The number of rotatable bonds is 9. The van der Waals surface area contributed by atoms with Gasteiger partial charge >= 0.3 is 0 Å². The van der Waals surface area contributed by atoms with Crippen LogP contribution in [0.4, 0.5) is 0 Å². The minimum Gasteiger partial charge on any atom is -0.497 e. The number of carbonyl (C=O) groups is 1. The molecule has 0 spiro atoms. The first-order chi connectivity index (χ1) is 16.5. The van der Waals surface area contributed by atoms with E-state index in [2.05, 4.69) is 54.7 Å². The maximum absolute atomic E-state index is 11.0. The summed E-state index contributed by atoms with van der Waals surface area (Å²) in [6.45, 7) is 3.17. The third-order valence-electron chi connectivity index (χ3n) is 6.27. The molecule has 34 heavy (non-hydrogen) atoms. The van der Waals surface area contributed by atoms with E-state index in [0.29, 0.717) is 12.5 Å². The van der Waals surface area contributed by atoms with Gasteiger partial charge in [-0.05, 0) is 67.0 Å². The zero-order chi connectivity index (χ0) is 24.3. The normalized spacial score (nSPS) is 17.3. The van der Waals surface area contributed by atoms with Crippen molar-refractivity contribution in [2.24, 2.45) is 5.73 Å². The molecule has 3 aromatic rings. The van der Waals surface area contributed by atoms with Crippen LogP contribution in [0.3, 0.4) is 0 Å². The van der Waals surface area contributed by atoms with E-state index < -0.39 is 17.9 Å². The number of nitrogens with two attached hydrogens (primary N) is 1. The van der Waals surface area contributed by atoms with Gasteiger partial charge in [-0.2, -0.15) is 0 Å². The molecule has 0 saturated carbocycles. The van der Waals surface area contributed by atoms with Gasteiger partial charge in [0, 0.05) is 12.6 Å². The van der Waals surface area contributed by atoms with Crippen LogP contribution in [-0.2, 0) is 24.2 Å². The highest BCUT2D eigenvalue weighted by Crippen LogP contribution is 2.32. The molecule has 5 nitrogen and oxygen atoms in total. The van der Waals surface area contributed by atoms with Crippen LogP contribution < -0.4 is 15.8 Å². The molecular weight excluding hydrogens is 424 g/mol. The number of aliphatic hydroxyl groups is 1. The van der Waals surface area contributed by atoms with Gasteiger partial charge < -0.3 is 20.9 Å². The molecule has 3 atom stereocenters. The molecule has 0 saturated heterocycles. The molecule has 5 heteroatoms. The van der Waals surface area contributed by atoms with Gasteiger partial charge in [0.25, 0.3) is 0 Å². The fourth-order valence-corrected chi connectivity index (χ4v) is 4.31. The van der Waals surface area contributed by atoms with Gasteiger partial charge in [-0.15, -0.1) is 0 Å². The number of methoxy groups -OCH3 is 1. The van der Waals surface area contributed by atoms with E-state index in [9.17, 15) is 9.90 Å². The van der Waals surface area contributed by atoms with Crippen molar-refractivity contribution < 1.29 is 14.6 Å². The maximum atomic E-state index is 11.0. The Morgan fingerprint density at radius 2 is 1.71 bits per heavy atom. The van der Waals surface area contributed by atoms with Crippen LogP contribution >= 0.6 is 0 Å². The number of amides is 1. The Labute approximate surface area is 203 Å². The summed E-state index contributed by atoms with van der Waals surface area (Å²) >= 11 is 0. The first-order valence-electron chi connectivity index (χ1n) is 11.9. The summed E-state index contributed by atoms with van der Waals surface area (Å²) in [5, 5.41) is 13.2. The van der Waals surface area contributed by atoms with Crippen molar-refractivity contribution in [2.75, 3.05) is 7.11 Å². The molecule has 0 aliphatic heterocycles. The highest BCUT2D eigenvalue weighted by Gasteiger charge is 2.34. The summed E-state index contributed by atoms with van der Waals surface area (Å²) in [4.78, 5) is 11.0. The van der Waals surface area contributed by atoms with Gasteiger partial charge in [-0.25, -0.2) is 0 Å². The fraction of sp³-hybridized carbons (Fsp3) is 0.345. The van der Waals surface area contributed by atoms with Gasteiger partial charge in [0.15, 0.2) is 0 Å². The molecule has 0 heterocycles. The van der Waals surface area contributed by atoms with Gasteiger partial charge in [-0.1, -0.05) is 66.7 Å². The molecule has 0 fully saturated rings. The second kappa shape index (κ2) is 12.9. The molecule has 0 radical (unpaired) electrons. The van der Waals surface area contributed by atoms with Crippen molar-refractivity contribution in [3.63, 3.8) is 0 Å². The predicted molar refractivity (Wildman–Crippen MR) is 137 cm³/mol. The third-order valence-corrected chi connectivity index (χ3v) is 6.27. The van der Waals surface area contributed by atoms with Gasteiger partial charge in [-0.3, -0.25) is 4.79 Å². The Bertz CT molecular complexity index is 1020. The molecule has 4 rings (SSSR count). The quantitative estimate of drug-likeness (QED) is 0.443. The Kier molecular flexibility index (Phi) is 9.68. The van der Waals surface area contributed by atoms with E-state index in [0.717, 1.165) is 29.8 Å². The Balaban J connectivity index is 0.000000212. The van der Waals surface area contributed by atoms with E-state index in [-0.39, 0.29) is 0 Å². The fourth-order valence-electron chi connectivity index (χ4n) is 4.31. The summed E-state index contributed by atoms with van der Waals surface area (Å²) in [6.07, 6.45) is 3.47. The van der Waals surface area contributed by atoms with Crippen LogP contribution in [-0.4, -0.2) is 30.3 Å². The lowest BCUT2D eigenvalue weighted by molar-refractivity contribution is -0.121. The minimum atomic E-state index is -0.644. The average molecular weight is 461 g/mol. The van der Waals surface area contributed by atoms with Crippen LogP contribution in [0.2, 0.25) is 0 Å². The molecule has 0 bridgehead atoms. The highest BCUT2D eigenvalue weighted by atomic mass is 16.5. The van der Waals surface area contributed by atoms with Crippen LogP contribution in [0.1, 0.15) is 47.9 Å². The number of benzene rings is 3. The molecule has 3 unspecified atom stereocenters. The van der Waals surface area contributed by atoms with Gasteiger partial charge in [0.2, 0.25) is 5.91 Å². The van der Waals surface area contributed by atoms with E-state index in [1.54, 1.807) is 7.11 Å². The van der Waals surface area contributed by atoms with E-state index in [1.807, 2.05) is 36.4 Å². The van der Waals surface area contributed by atoms with Crippen LogP contribution in [0, 0.1) is 0 Å². The lowest BCUT2D eigenvalue weighted by Crippen LogP contribution is -2.28.